The van der Waals surface area contributed by atoms with E-state index >= 15 is 0 Å². The maximum Gasteiger partial charge on any atom is 0.264 e. The topological polar surface area (TPSA) is 37.4 Å². The van der Waals surface area contributed by atoms with Crippen molar-refractivity contribution in [2.75, 3.05) is 0 Å². The molecule has 0 saturated heterocycles. The highest BCUT2D eigenvalue weighted by atomic mass is 16.2. The number of amides is 2. The second-order valence-corrected chi connectivity index (χ2v) is 3.73. The van der Waals surface area contributed by atoms with E-state index in [4.69, 9.17) is 0 Å². The smallest absolute Gasteiger partial charge is 0.264 e. The Morgan fingerprint density at radius 2 is 1.88 bits per heavy atom. The van der Waals surface area contributed by atoms with E-state index in [1.807, 2.05) is 19.1 Å². The van der Waals surface area contributed by atoms with Crippen LogP contribution in [0.4, 0.5) is 0 Å². The number of carbonyl (C=O) groups is 2. The minimum absolute atomic E-state index is 0.272. The van der Waals surface area contributed by atoms with E-state index in [1.54, 1.807) is 30.5 Å². The molecule has 0 spiro atoms. The molecule has 0 heterocycles. The Hall–Kier alpha value is -1.90. The van der Waals surface area contributed by atoms with E-state index in [1.165, 1.54) is 6.92 Å². The lowest BCUT2D eigenvalue weighted by Gasteiger charge is -2.14. The number of benzene rings is 1. The molecule has 1 aromatic carbocycles. The molecule has 17 heavy (non-hydrogen) atoms. The minimum atomic E-state index is -0.287. The SMILES string of the molecule is CCC/C=C/N(C(C)=O)C(=O)c1ccccc1. The summed E-state index contributed by atoms with van der Waals surface area (Å²) in [7, 11) is 0. The van der Waals surface area contributed by atoms with Crippen LogP contribution in [0.5, 0.6) is 0 Å². The van der Waals surface area contributed by atoms with Crippen LogP contribution in [0, 0.1) is 0 Å². The van der Waals surface area contributed by atoms with E-state index < -0.39 is 0 Å². The predicted octanol–water partition coefficient (Wildman–Crippen LogP) is 2.99. The zero-order chi connectivity index (χ0) is 12.7. The zero-order valence-electron chi connectivity index (χ0n) is 10.2. The quantitative estimate of drug-likeness (QED) is 0.798. The summed E-state index contributed by atoms with van der Waals surface area (Å²) in [5, 5.41) is 0. The van der Waals surface area contributed by atoms with Crippen LogP contribution in [0.1, 0.15) is 37.0 Å². The molecule has 0 unspecified atom stereocenters. The predicted molar refractivity (Wildman–Crippen MR) is 67.3 cm³/mol. The van der Waals surface area contributed by atoms with Crippen LogP contribution >= 0.6 is 0 Å². The van der Waals surface area contributed by atoms with Gasteiger partial charge in [-0.15, -0.1) is 0 Å². The fraction of sp³-hybridized carbons (Fsp3) is 0.286. The highest BCUT2D eigenvalue weighted by Crippen LogP contribution is 2.06. The van der Waals surface area contributed by atoms with Gasteiger partial charge in [0.1, 0.15) is 0 Å². The van der Waals surface area contributed by atoms with Crippen LogP contribution in [-0.2, 0) is 4.79 Å². The number of carbonyl (C=O) groups excluding carboxylic acids is 2. The maximum absolute atomic E-state index is 12.0. The molecule has 0 fully saturated rings. The summed E-state index contributed by atoms with van der Waals surface area (Å²) < 4.78 is 0. The van der Waals surface area contributed by atoms with Gasteiger partial charge in [0, 0.05) is 18.7 Å². The van der Waals surface area contributed by atoms with Crippen molar-refractivity contribution >= 4 is 11.8 Å². The van der Waals surface area contributed by atoms with Crippen molar-refractivity contribution in [1.82, 2.24) is 4.90 Å². The van der Waals surface area contributed by atoms with Gasteiger partial charge < -0.3 is 0 Å². The van der Waals surface area contributed by atoms with Gasteiger partial charge in [0.15, 0.2) is 0 Å². The lowest BCUT2D eigenvalue weighted by molar-refractivity contribution is -0.124. The number of hydrogen-bond donors (Lipinski definition) is 0. The van der Waals surface area contributed by atoms with Crippen LogP contribution in [0.15, 0.2) is 42.6 Å². The normalized spacial score (nSPS) is 10.5. The third-order valence-electron chi connectivity index (χ3n) is 2.29. The largest absolute Gasteiger partial charge is 0.274 e. The van der Waals surface area contributed by atoms with E-state index in [-0.39, 0.29) is 11.8 Å². The number of nitrogens with zero attached hydrogens (tertiary/aromatic N) is 1. The van der Waals surface area contributed by atoms with Gasteiger partial charge in [-0.2, -0.15) is 0 Å². The van der Waals surface area contributed by atoms with Crippen LogP contribution in [0.2, 0.25) is 0 Å². The molecule has 0 aliphatic rings. The van der Waals surface area contributed by atoms with Gasteiger partial charge in [0.05, 0.1) is 0 Å². The highest BCUT2D eigenvalue weighted by molar-refractivity contribution is 6.04. The average Bonchev–Trinajstić information content (AvgIpc) is 2.34. The molecule has 3 heteroatoms. The van der Waals surface area contributed by atoms with E-state index in [0.29, 0.717) is 5.56 Å². The van der Waals surface area contributed by atoms with Crippen molar-refractivity contribution in [3.05, 3.63) is 48.2 Å². The Balaban J connectivity index is 2.85. The van der Waals surface area contributed by atoms with Crippen molar-refractivity contribution in [2.24, 2.45) is 0 Å². The van der Waals surface area contributed by atoms with Crippen molar-refractivity contribution < 1.29 is 9.59 Å². The molecule has 0 atom stereocenters. The van der Waals surface area contributed by atoms with Gasteiger partial charge in [-0.3, -0.25) is 14.5 Å². The molecule has 2 amide bonds. The van der Waals surface area contributed by atoms with Crippen LogP contribution in [0.25, 0.3) is 0 Å². The Morgan fingerprint density at radius 1 is 1.24 bits per heavy atom. The third kappa shape index (κ3) is 3.87. The molecule has 0 N–H and O–H groups in total. The van der Waals surface area contributed by atoms with Crippen molar-refractivity contribution in [2.45, 2.75) is 26.7 Å². The first kappa shape index (κ1) is 13.2. The van der Waals surface area contributed by atoms with Crippen LogP contribution in [0.3, 0.4) is 0 Å². The van der Waals surface area contributed by atoms with Gasteiger partial charge in [-0.1, -0.05) is 37.6 Å². The molecular weight excluding hydrogens is 214 g/mol. The first-order chi connectivity index (χ1) is 8.16. The molecule has 0 saturated carbocycles. The van der Waals surface area contributed by atoms with Crippen molar-refractivity contribution in [1.29, 1.82) is 0 Å². The second kappa shape index (κ2) is 6.63. The Bertz CT molecular complexity index is 409. The fourth-order valence-electron chi connectivity index (χ4n) is 1.38. The lowest BCUT2D eigenvalue weighted by atomic mass is 10.2. The summed E-state index contributed by atoms with van der Waals surface area (Å²) in [6.45, 7) is 3.43. The molecule has 0 radical (unpaired) electrons. The summed E-state index contributed by atoms with van der Waals surface area (Å²) in [5.41, 5.74) is 0.517. The van der Waals surface area contributed by atoms with E-state index in [9.17, 15) is 9.59 Å². The van der Waals surface area contributed by atoms with E-state index in [2.05, 4.69) is 0 Å². The standard InChI is InChI=1S/C14H17NO2/c1-3-4-8-11-15(12(2)16)14(17)13-9-6-5-7-10-13/h5-11H,3-4H2,1-2H3/b11-8+. The average molecular weight is 231 g/mol. The number of allylic oxidation sites excluding steroid dienone is 1. The van der Waals surface area contributed by atoms with Crippen LogP contribution in [-0.4, -0.2) is 16.7 Å². The first-order valence-corrected chi connectivity index (χ1v) is 5.72. The molecule has 1 rings (SSSR count). The highest BCUT2D eigenvalue weighted by Gasteiger charge is 2.16. The van der Waals surface area contributed by atoms with Gasteiger partial charge in [-0.05, 0) is 18.6 Å². The van der Waals surface area contributed by atoms with Gasteiger partial charge in [0.2, 0.25) is 5.91 Å². The first-order valence-electron chi connectivity index (χ1n) is 5.72. The Labute approximate surface area is 102 Å². The Kier molecular flexibility index (Phi) is 5.14. The zero-order valence-corrected chi connectivity index (χ0v) is 10.2. The summed E-state index contributed by atoms with van der Waals surface area (Å²) in [4.78, 5) is 24.6. The number of hydrogen-bond acceptors (Lipinski definition) is 2. The summed E-state index contributed by atoms with van der Waals surface area (Å²) in [6.07, 6.45) is 5.23. The summed E-state index contributed by atoms with van der Waals surface area (Å²) in [5.74, 6) is -0.559. The monoisotopic (exact) mass is 231 g/mol. The van der Waals surface area contributed by atoms with E-state index in [0.717, 1.165) is 17.7 Å². The number of unbranched alkanes of at least 4 members (excludes halogenated alkanes) is 1. The third-order valence-corrected chi connectivity index (χ3v) is 2.29. The number of rotatable bonds is 4. The number of imide groups is 1. The summed E-state index contributed by atoms with van der Waals surface area (Å²) in [6, 6.07) is 8.79. The minimum Gasteiger partial charge on any atom is -0.274 e. The summed E-state index contributed by atoms with van der Waals surface area (Å²) >= 11 is 0. The van der Waals surface area contributed by atoms with Crippen molar-refractivity contribution in [3.8, 4) is 0 Å². The van der Waals surface area contributed by atoms with Gasteiger partial charge in [0.25, 0.3) is 5.91 Å². The van der Waals surface area contributed by atoms with Gasteiger partial charge in [-0.25, -0.2) is 0 Å². The Morgan fingerprint density at radius 3 is 2.41 bits per heavy atom. The molecule has 0 aliphatic carbocycles. The fourth-order valence-corrected chi connectivity index (χ4v) is 1.38. The second-order valence-electron chi connectivity index (χ2n) is 3.73. The van der Waals surface area contributed by atoms with Crippen molar-refractivity contribution in [3.63, 3.8) is 0 Å². The van der Waals surface area contributed by atoms with Gasteiger partial charge >= 0.3 is 0 Å². The molecule has 0 aromatic heterocycles. The lowest BCUT2D eigenvalue weighted by Crippen LogP contribution is -2.30. The molecule has 3 nitrogen and oxygen atoms in total. The van der Waals surface area contributed by atoms with Crippen LogP contribution < -0.4 is 0 Å². The molecule has 0 bridgehead atoms. The molecule has 1 aromatic rings. The maximum atomic E-state index is 12.0. The molecular formula is C14H17NO2. The molecule has 90 valence electrons. The molecule has 0 aliphatic heterocycles.